The van der Waals surface area contributed by atoms with E-state index in [4.69, 9.17) is 26.1 Å². The second-order valence-electron chi connectivity index (χ2n) is 7.14. The van der Waals surface area contributed by atoms with Gasteiger partial charge in [0.25, 0.3) is 0 Å². The third-order valence-corrected chi connectivity index (χ3v) is 6.39. The van der Waals surface area contributed by atoms with Crippen molar-refractivity contribution in [1.29, 1.82) is 0 Å². The number of para-hydroxylation sites is 1. The van der Waals surface area contributed by atoms with Crippen LogP contribution in [0.15, 0.2) is 80.8 Å². The number of rotatable bonds is 4. The molecule has 0 saturated carbocycles. The summed E-state index contributed by atoms with van der Waals surface area (Å²) in [6.07, 6.45) is 3.53. The van der Waals surface area contributed by atoms with Gasteiger partial charge < -0.3 is 9.40 Å². The van der Waals surface area contributed by atoms with Gasteiger partial charge >= 0.3 is 0 Å². The fourth-order valence-electron chi connectivity index (χ4n) is 3.48. The van der Waals surface area contributed by atoms with Crippen molar-refractivity contribution in [2.24, 2.45) is 10.1 Å². The lowest BCUT2D eigenvalue weighted by Crippen LogP contribution is -2.11. The topological polar surface area (TPSA) is 58.6 Å². The van der Waals surface area contributed by atoms with E-state index < -0.39 is 0 Å². The molecule has 0 aliphatic carbocycles. The van der Waals surface area contributed by atoms with E-state index in [1.165, 1.54) is 11.3 Å². The molecule has 0 spiro atoms. The number of nitrogens with one attached hydrogen (secondary N) is 1. The first-order valence-corrected chi connectivity index (χ1v) is 11.0. The highest BCUT2D eigenvalue weighted by molar-refractivity contribution is 7.07. The second kappa shape index (κ2) is 8.06. The fraction of sp³-hybridized carbons (Fsp3) is 0.0833. The average Bonchev–Trinajstić information content (AvgIpc) is 3.49. The highest BCUT2D eigenvalue weighted by atomic mass is 35.5. The molecule has 3 heterocycles. The van der Waals surface area contributed by atoms with Gasteiger partial charge in [-0.1, -0.05) is 35.9 Å². The molecule has 0 amide bonds. The number of thiazole rings is 1. The summed E-state index contributed by atoms with van der Waals surface area (Å²) in [5.74, 6) is 0.730. The van der Waals surface area contributed by atoms with Crippen LogP contribution < -0.4 is 4.80 Å². The maximum Gasteiger partial charge on any atom is 0.211 e. The van der Waals surface area contributed by atoms with Gasteiger partial charge in [-0.15, -0.1) is 11.3 Å². The van der Waals surface area contributed by atoms with E-state index in [1.54, 1.807) is 6.26 Å². The van der Waals surface area contributed by atoms with Crippen molar-refractivity contribution in [2.45, 2.75) is 13.8 Å². The highest BCUT2D eigenvalue weighted by Gasteiger charge is 2.12. The van der Waals surface area contributed by atoms with Crippen LogP contribution in [0.25, 0.3) is 22.4 Å². The highest BCUT2D eigenvalue weighted by Crippen LogP contribution is 2.26. The van der Waals surface area contributed by atoms with Gasteiger partial charge in [0.05, 0.1) is 18.2 Å². The third-order valence-electron chi connectivity index (χ3n) is 5.16. The molecule has 1 N–H and O–H groups in total. The number of aromatic amines is 1. The largest absolute Gasteiger partial charge is 0.463 e. The molecule has 154 valence electrons. The van der Waals surface area contributed by atoms with E-state index in [9.17, 15) is 0 Å². The number of aryl methyl sites for hydroxylation is 1. The van der Waals surface area contributed by atoms with Gasteiger partial charge in [0.1, 0.15) is 5.69 Å². The predicted octanol–water partition coefficient (Wildman–Crippen LogP) is 6.68. The van der Waals surface area contributed by atoms with Crippen LogP contribution in [0, 0.1) is 13.8 Å². The number of benzene rings is 2. The fourth-order valence-corrected chi connectivity index (χ4v) is 4.48. The van der Waals surface area contributed by atoms with Crippen LogP contribution in [0.1, 0.15) is 16.8 Å². The van der Waals surface area contributed by atoms with Crippen molar-refractivity contribution < 1.29 is 4.42 Å². The number of furan rings is 1. The van der Waals surface area contributed by atoms with Crippen LogP contribution in [-0.4, -0.2) is 15.9 Å². The Bertz CT molecular complexity index is 1470. The molecule has 0 saturated heterocycles. The first-order chi connectivity index (χ1) is 15.1. The van der Waals surface area contributed by atoms with Crippen LogP contribution in [0.2, 0.25) is 5.02 Å². The van der Waals surface area contributed by atoms with E-state index in [-0.39, 0.29) is 0 Å². The quantitative estimate of drug-likeness (QED) is 0.308. The first kappa shape index (κ1) is 19.6. The van der Waals surface area contributed by atoms with Crippen LogP contribution >= 0.6 is 22.9 Å². The van der Waals surface area contributed by atoms with Crippen LogP contribution in [0.3, 0.4) is 0 Å². The summed E-state index contributed by atoms with van der Waals surface area (Å²) < 4.78 is 7.45. The van der Waals surface area contributed by atoms with Gasteiger partial charge in [-0.3, -0.25) is 0 Å². The molecule has 0 radical (unpaired) electrons. The van der Waals surface area contributed by atoms with Gasteiger partial charge in [-0.05, 0) is 49.7 Å². The monoisotopic (exact) mass is 446 g/mol. The Morgan fingerprint density at radius 3 is 2.77 bits per heavy atom. The van der Waals surface area contributed by atoms with E-state index >= 15 is 0 Å². The number of aromatic nitrogens is 2. The van der Waals surface area contributed by atoms with Crippen molar-refractivity contribution in [1.82, 2.24) is 9.66 Å². The zero-order valence-electron chi connectivity index (χ0n) is 17.0. The molecular formula is C24H19ClN4OS. The molecule has 0 atom stereocenters. The maximum atomic E-state index is 6.30. The van der Waals surface area contributed by atoms with E-state index in [1.807, 2.05) is 72.6 Å². The van der Waals surface area contributed by atoms with Gasteiger partial charge in [0, 0.05) is 32.6 Å². The molecule has 3 aromatic heterocycles. The van der Waals surface area contributed by atoms with E-state index in [0.29, 0.717) is 5.02 Å². The summed E-state index contributed by atoms with van der Waals surface area (Å²) in [5.41, 5.74) is 5.77. The number of hydrogen-bond donors (Lipinski definition) is 1. The number of fused-ring (bicyclic) bond motifs is 1. The molecule has 0 aliphatic rings. The Balaban J connectivity index is 1.68. The first-order valence-electron chi connectivity index (χ1n) is 9.78. The lowest BCUT2D eigenvalue weighted by atomic mass is 10.1. The molecular weight excluding hydrogens is 428 g/mol. The lowest BCUT2D eigenvalue weighted by Gasteiger charge is -2.03. The molecule has 0 unspecified atom stereocenters. The average molecular weight is 447 g/mol. The van der Waals surface area contributed by atoms with Gasteiger partial charge in [0.15, 0.2) is 5.76 Å². The molecule has 0 bridgehead atoms. The number of hydrogen-bond acceptors (Lipinski definition) is 4. The summed E-state index contributed by atoms with van der Waals surface area (Å²) in [6.45, 7) is 4.01. The molecule has 0 aliphatic heterocycles. The smallest absolute Gasteiger partial charge is 0.211 e. The van der Waals surface area contributed by atoms with Crippen LogP contribution in [0.4, 0.5) is 5.69 Å². The van der Waals surface area contributed by atoms with Crippen molar-refractivity contribution in [3.05, 3.63) is 92.9 Å². The molecule has 7 heteroatoms. The third kappa shape index (κ3) is 3.65. The molecule has 31 heavy (non-hydrogen) atoms. The predicted molar refractivity (Wildman–Crippen MR) is 127 cm³/mol. The van der Waals surface area contributed by atoms with Crippen LogP contribution in [0.5, 0.6) is 0 Å². The lowest BCUT2D eigenvalue weighted by molar-refractivity contribution is 0.575. The second-order valence-corrected chi connectivity index (χ2v) is 8.39. The zero-order valence-corrected chi connectivity index (χ0v) is 18.5. The summed E-state index contributed by atoms with van der Waals surface area (Å²) in [4.78, 5) is 8.99. The van der Waals surface area contributed by atoms with Gasteiger partial charge in [0.2, 0.25) is 4.80 Å². The van der Waals surface area contributed by atoms with Gasteiger partial charge in [-0.2, -0.15) is 5.10 Å². The summed E-state index contributed by atoms with van der Waals surface area (Å²) >= 11 is 7.80. The van der Waals surface area contributed by atoms with E-state index in [2.05, 4.69) is 17.1 Å². The van der Waals surface area contributed by atoms with Crippen molar-refractivity contribution >= 4 is 45.7 Å². The SMILES string of the molecule is Cc1[nH]c2ccccc2c1/C=N/n1c(-c2ccco2)csc1=Nc1cccc(Cl)c1C. The maximum absolute atomic E-state index is 6.30. The molecule has 5 nitrogen and oxygen atoms in total. The van der Waals surface area contributed by atoms with Crippen LogP contribution in [-0.2, 0) is 0 Å². The number of halogens is 1. The Labute approximate surface area is 188 Å². The minimum atomic E-state index is 0.688. The minimum absolute atomic E-state index is 0.688. The summed E-state index contributed by atoms with van der Waals surface area (Å²) in [6, 6.07) is 17.7. The summed E-state index contributed by atoms with van der Waals surface area (Å²) in [7, 11) is 0. The Hall–Kier alpha value is -3.35. The number of H-pyrrole nitrogens is 1. The molecule has 5 rings (SSSR count). The summed E-state index contributed by atoms with van der Waals surface area (Å²) in [5, 5.41) is 8.63. The van der Waals surface area contributed by atoms with Crippen molar-refractivity contribution in [3.8, 4) is 11.5 Å². The standard InChI is InChI=1S/C24H19ClN4OS/c1-15-19(25)8-5-10-20(15)28-24-29(22(14-31-24)23-11-6-12-30-23)26-13-18-16(2)27-21-9-4-3-7-17(18)21/h3-14,27H,1-2H3/b26-13+,28-24?. The van der Waals surface area contributed by atoms with Gasteiger partial charge in [-0.25, -0.2) is 9.67 Å². The minimum Gasteiger partial charge on any atom is -0.463 e. The molecule has 2 aromatic carbocycles. The Kier molecular flexibility index (Phi) is 5.10. The number of nitrogens with zero attached hydrogens (tertiary/aromatic N) is 3. The molecule has 0 fully saturated rings. The Morgan fingerprint density at radius 2 is 1.94 bits per heavy atom. The molecule has 5 aromatic rings. The van der Waals surface area contributed by atoms with E-state index in [0.717, 1.165) is 49.7 Å². The Morgan fingerprint density at radius 1 is 1.06 bits per heavy atom. The zero-order chi connectivity index (χ0) is 21.4. The normalized spacial score (nSPS) is 12.4. The van der Waals surface area contributed by atoms with Crippen molar-refractivity contribution in [2.75, 3.05) is 0 Å². The van der Waals surface area contributed by atoms with Crippen molar-refractivity contribution in [3.63, 3.8) is 0 Å².